The minimum Gasteiger partial charge on any atom is -0.384 e. The van der Waals surface area contributed by atoms with Gasteiger partial charge in [0.25, 0.3) is 5.91 Å². The molecule has 0 unspecified atom stereocenters. The Kier molecular flexibility index (Phi) is 6.07. The van der Waals surface area contributed by atoms with E-state index in [1.165, 1.54) is 11.3 Å². The average molecular weight is 279 g/mol. The summed E-state index contributed by atoms with van der Waals surface area (Å²) in [4.78, 5) is 15.1. The van der Waals surface area contributed by atoms with Crippen LogP contribution in [0.5, 0.6) is 0 Å². The quantitative estimate of drug-likeness (QED) is 0.861. The minimum atomic E-state index is -0.160. The molecule has 0 aliphatic rings. The Bertz CT molecular complexity index is 480. The summed E-state index contributed by atoms with van der Waals surface area (Å²) >= 11 is 1.43. The van der Waals surface area contributed by atoms with E-state index in [-0.39, 0.29) is 18.6 Å². The Hall–Kier alpha value is -1.31. The lowest BCUT2D eigenvalue weighted by Crippen LogP contribution is -2.39. The third-order valence-corrected chi connectivity index (χ3v) is 3.43. The van der Waals surface area contributed by atoms with Crippen LogP contribution in [-0.2, 0) is 0 Å². The number of aliphatic hydroxyl groups excluding tert-OH is 1. The molecule has 0 saturated carbocycles. The summed E-state index contributed by atoms with van der Waals surface area (Å²) in [6.45, 7) is 8.86. The number of carbonyl (C=O) groups excluding carboxylic acids is 1. The maximum Gasteiger partial charge on any atom is 0.254 e. The first kappa shape index (κ1) is 15.7. The van der Waals surface area contributed by atoms with E-state index in [2.05, 4.69) is 25.7 Å². The molecule has 19 heavy (non-hydrogen) atoms. The highest BCUT2D eigenvalue weighted by molar-refractivity contribution is 7.10. The van der Waals surface area contributed by atoms with E-state index in [1.54, 1.807) is 6.07 Å². The van der Waals surface area contributed by atoms with Crippen LogP contribution in [0.25, 0.3) is 0 Å². The molecule has 0 saturated heterocycles. The van der Waals surface area contributed by atoms with Gasteiger partial charge < -0.3 is 10.0 Å². The van der Waals surface area contributed by atoms with Gasteiger partial charge in [-0.25, -0.2) is 0 Å². The Morgan fingerprint density at radius 2 is 2.11 bits per heavy atom. The minimum absolute atomic E-state index is 0.0528. The molecule has 0 aliphatic heterocycles. The van der Waals surface area contributed by atoms with Crippen molar-refractivity contribution in [2.45, 2.75) is 33.7 Å². The van der Waals surface area contributed by atoms with Gasteiger partial charge in [-0.3, -0.25) is 4.79 Å². The number of rotatable bonds is 4. The highest BCUT2D eigenvalue weighted by Gasteiger charge is 2.20. The molecule has 1 rings (SSSR count). The Labute approximate surface area is 119 Å². The smallest absolute Gasteiger partial charge is 0.254 e. The van der Waals surface area contributed by atoms with Gasteiger partial charge in [-0.05, 0) is 25.8 Å². The number of nitrogens with zero attached hydrogens (tertiary/aromatic N) is 1. The monoisotopic (exact) mass is 279 g/mol. The Morgan fingerprint density at radius 1 is 1.42 bits per heavy atom. The first-order valence-corrected chi connectivity index (χ1v) is 7.33. The van der Waals surface area contributed by atoms with Crippen LogP contribution in [0.4, 0.5) is 0 Å². The van der Waals surface area contributed by atoms with Gasteiger partial charge in [0.15, 0.2) is 0 Å². The van der Waals surface area contributed by atoms with E-state index in [1.807, 2.05) is 24.1 Å². The van der Waals surface area contributed by atoms with Crippen LogP contribution in [-0.4, -0.2) is 35.1 Å². The molecule has 1 aromatic heterocycles. The molecule has 0 spiro atoms. The van der Waals surface area contributed by atoms with Gasteiger partial charge in [-0.2, -0.15) is 0 Å². The van der Waals surface area contributed by atoms with E-state index >= 15 is 0 Å². The van der Waals surface area contributed by atoms with Crippen LogP contribution in [0.2, 0.25) is 0 Å². The SMILES string of the molecule is CC(C)CN(C(=O)c1csc(C#CCO)c1)C(C)C. The van der Waals surface area contributed by atoms with Crippen molar-refractivity contribution >= 4 is 17.2 Å². The summed E-state index contributed by atoms with van der Waals surface area (Å²) in [7, 11) is 0. The third kappa shape index (κ3) is 4.70. The summed E-state index contributed by atoms with van der Waals surface area (Å²) in [6.07, 6.45) is 0. The van der Waals surface area contributed by atoms with Gasteiger partial charge >= 0.3 is 0 Å². The lowest BCUT2D eigenvalue weighted by atomic mass is 10.1. The van der Waals surface area contributed by atoms with Crippen LogP contribution in [0.1, 0.15) is 42.9 Å². The lowest BCUT2D eigenvalue weighted by Gasteiger charge is -2.28. The molecular weight excluding hydrogens is 258 g/mol. The molecular formula is C15H21NO2S. The molecule has 104 valence electrons. The molecule has 1 heterocycles. The van der Waals surface area contributed by atoms with Crippen molar-refractivity contribution in [2.24, 2.45) is 5.92 Å². The molecule has 0 atom stereocenters. The second-order valence-electron chi connectivity index (χ2n) is 5.10. The van der Waals surface area contributed by atoms with Gasteiger partial charge in [-0.15, -0.1) is 11.3 Å². The van der Waals surface area contributed by atoms with E-state index in [9.17, 15) is 4.79 Å². The number of aliphatic hydroxyl groups is 1. The van der Waals surface area contributed by atoms with Crippen molar-refractivity contribution in [1.29, 1.82) is 0 Å². The molecule has 0 bridgehead atoms. The summed E-state index contributed by atoms with van der Waals surface area (Å²) in [5.41, 5.74) is 0.682. The molecule has 1 aromatic rings. The van der Waals surface area contributed by atoms with Crippen LogP contribution in [0, 0.1) is 17.8 Å². The normalized spacial score (nSPS) is 10.5. The van der Waals surface area contributed by atoms with Crippen molar-refractivity contribution in [3.63, 3.8) is 0 Å². The van der Waals surface area contributed by atoms with Crippen molar-refractivity contribution < 1.29 is 9.90 Å². The lowest BCUT2D eigenvalue weighted by molar-refractivity contribution is 0.0682. The van der Waals surface area contributed by atoms with Crippen LogP contribution in [0.15, 0.2) is 11.4 Å². The molecule has 4 heteroatoms. The van der Waals surface area contributed by atoms with Crippen LogP contribution >= 0.6 is 11.3 Å². The van der Waals surface area contributed by atoms with Crippen molar-refractivity contribution in [3.8, 4) is 11.8 Å². The van der Waals surface area contributed by atoms with E-state index in [0.29, 0.717) is 11.5 Å². The average Bonchev–Trinajstić information content (AvgIpc) is 2.80. The number of carbonyl (C=O) groups is 1. The predicted octanol–water partition coefficient (Wildman–Crippen LogP) is 2.60. The molecule has 1 amide bonds. The van der Waals surface area contributed by atoms with Crippen LogP contribution < -0.4 is 0 Å². The number of hydrogen-bond donors (Lipinski definition) is 1. The highest BCUT2D eigenvalue weighted by Crippen LogP contribution is 2.17. The molecule has 1 N–H and O–H groups in total. The van der Waals surface area contributed by atoms with Gasteiger partial charge in [0.2, 0.25) is 0 Å². The van der Waals surface area contributed by atoms with Gasteiger partial charge in [0.05, 0.1) is 10.4 Å². The molecule has 0 aromatic carbocycles. The summed E-state index contributed by atoms with van der Waals surface area (Å²) < 4.78 is 0. The summed E-state index contributed by atoms with van der Waals surface area (Å²) in [6, 6.07) is 1.98. The van der Waals surface area contributed by atoms with Gasteiger partial charge in [0, 0.05) is 18.0 Å². The first-order valence-electron chi connectivity index (χ1n) is 6.45. The fourth-order valence-corrected chi connectivity index (χ4v) is 2.48. The highest BCUT2D eigenvalue weighted by atomic mass is 32.1. The first-order chi connectivity index (χ1) is 8.95. The second-order valence-corrected chi connectivity index (χ2v) is 6.02. The van der Waals surface area contributed by atoms with Crippen LogP contribution in [0.3, 0.4) is 0 Å². The fourth-order valence-electron chi connectivity index (χ4n) is 1.73. The number of amides is 1. The van der Waals surface area contributed by atoms with Gasteiger partial charge in [-0.1, -0.05) is 25.7 Å². The van der Waals surface area contributed by atoms with Crippen molar-refractivity contribution in [3.05, 3.63) is 21.9 Å². The second kappa shape index (κ2) is 7.32. The van der Waals surface area contributed by atoms with Gasteiger partial charge in [0.1, 0.15) is 6.61 Å². The zero-order chi connectivity index (χ0) is 14.4. The summed E-state index contributed by atoms with van der Waals surface area (Å²) in [5.74, 6) is 5.91. The standard InChI is InChI=1S/C15H21NO2S/c1-11(2)9-16(12(3)4)15(18)13-8-14(19-10-13)6-5-7-17/h8,10-12,17H,7,9H2,1-4H3. The maximum atomic E-state index is 12.4. The Balaban J connectivity index is 2.87. The van der Waals surface area contributed by atoms with Crippen molar-refractivity contribution in [2.75, 3.05) is 13.2 Å². The summed E-state index contributed by atoms with van der Waals surface area (Å²) in [5, 5.41) is 10.5. The van der Waals surface area contributed by atoms with E-state index < -0.39 is 0 Å². The molecule has 0 fully saturated rings. The number of thiophene rings is 1. The number of hydrogen-bond acceptors (Lipinski definition) is 3. The molecule has 0 aliphatic carbocycles. The fraction of sp³-hybridized carbons (Fsp3) is 0.533. The zero-order valence-electron chi connectivity index (χ0n) is 11.9. The zero-order valence-corrected chi connectivity index (χ0v) is 12.8. The third-order valence-electron chi connectivity index (χ3n) is 2.58. The topological polar surface area (TPSA) is 40.5 Å². The van der Waals surface area contributed by atoms with Crippen molar-refractivity contribution in [1.82, 2.24) is 4.90 Å². The molecule has 3 nitrogen and oxygen atoms in total. The van der Waals surface area contributed by atoms with E-state index in [4.69, 9.17) is 5.11 Å². The molecule has 0 radical (unpaired) electrons. The maximum absolute atomic E-state index is 12.4. The Morgan fingerprint density at radius 3 is 2.63 bits per heavy atom. The predicted molar refractivity (Wildman–Crippen MR) is 79.3 cm³/mol. The largest absolute Gasteiger partial charge is 0.384 e. The van der Waals surface area contributed by atoms with E-state index in [0.717, 1.165) is 11.4 Å².